The molecule has 1 aromatic carbocycles. The molecule has 0 saturated carbocycles. The van der Waals surface area contributed by atoms with Crippen molar-refractivity contribution in [3.05, 3.63) is 40.7 Å². The molecule has 0 aliphatic carbocycles. The fraction of sp³-hybridized carbons (Fsp3) is 0.100. The Labute approximate surface area is 80.9 Å². The van der Waals surface area contributed by atoms with Gasteiger partial charge in [0.25, 0.3) is 5.56 Å². The predicted octanol–water partition coefficient (Wildman–Crippen LogP) is 0.824. The number of nitrogens with zero attached hydrogens (tertiary/aromatic N) is 1. The highest BCUT2D eigenvalue weighted by Crippen LogP contribution is 2.19. The average Bonchev–Trinajstić information content (AvgIpc) is 2.23. The fourth-order valence-electron chi connectivity index (χ4n) is 1.53. The van der Waals surface area contributed by atoms with Crippen molar-refractivity contribution < 1.29 is 0 Å². The van der Waals surface area contributed by atoms with E-state index in [1.54, 1.807) is 11.6 Å². The Bertz CT molecular complexity index is 530. The van der Waals surface area contributed by atoms with Gasteiger partial charge in [0.05, 0.1) is 11.2 Å². The minimum Gasteiger partial charge on any atom is -0.323 e. The van der Waals surface area contributed by atoms with E-state index in [1.807, 2.05) is 24.3 Å². The lowest BCUT2D eigenvalue weighted by Crippen LogP contribution is -2.19. The van der Waals surface area contributed by atoms with Gasteiger partial charge in [0, 0.05) is 18.5 Å². The smallest absolute Gasteiger partial charge is 0.252 e. The number of rotatable bonds is 1. The van der Waals surface area contributed by atoms with Gasteiger partial charge in [0.2, 0.25) is 0 Å². The number of pyridine rings is 1. The van der Waals surface area contributed by atoms with Crippen molar-refractivity contribution in [2.75, 3.05) is 5.43 Å². The summed E-state index contributed by atoms with van der Waals surface area (Å²) in [6.45, 7) is 0. The van der Waals surface area contributed by atoms with Crippen molar-refractivity contribution >= 4 is 16.6 Å². The van der Waals surface area contributed by atoms with Gasteiger partial charge in [0.1, 0.15) is 0 Å². The summed E-state index contributed by atoms with van der Waals surface area (Å²) in [6.07, 6.45) is 0. The zero-order chi connectivity index (χ0) is 10.1. The first-order valence-electron chi connectivity index (χ1n) is 4.29. The molecule has 4 nitrogen and oxygen atoms in total. The number of hydrogen-bond donors (Lipinski definition) is 2. The van der Waals surface area contributed by atoms with Crippen molar-refractivity contribution in [2.45, 2.75) is 0 Å². The molecule has 2 rings (SSSR count). The van der Waals surface area contributed by atoms with Crippen molar-refractivity contribution in [3.63, 3.8) is 0 Å². The van der Waals surface area contributed by atoms with E-state index in [0.717, 1.165) is 10.9 Å². The number of nitrogens with one attached hydrogen (secondary N) is 1. The number of nitrogen functional groups attached to an aromatic ring is 1. The van der Waals surface area contributed by atoms with Crippen molar-refractivity contribution in [2.24, 2.45) is 12.9 Å². The number of anilines is 1. The normalized spacial score (nSPS) is 10.4. The second-order valence-electron chi connectivity index (χ2n) is 3.12. The Kier molecular flexibility index (Phi) is 1.98. The summed E-state index contributed by atoms with van der Waals surface area (Å²) in [5.41, 5.74) is 3.98. The van der Waals surface area contributed by atoms with E-state index in [2.05, 4.69) is 5.43 Å². The highest BCUT2D eigenvalue weighted by Gasteiger charge is 2.03. The van der Waals surface area contributed by atoms with E-state index < -0.39 is 0 Å². The molecule has 0 aliphatic heterocycles. The predicted molar refractivity (Wildman–Crippen MR) is 57.0 cm³/mol. The molecule has 1 aromatic heterocycles. The standard InChI is InChI=1S/C10H11N3O/c1-13-9-5-3-2-4-7(9)8(12-11)6-10(13)14/h2-6,12H,11H2,1H3. The summed E-state index contributed by atoms with van der Waals surface area (Å²) in [5, 5.41) is 0.942. The number of fused-ring (bicyclic) bond motifs is 1. The second-order valence-corrected chi connectivity index (χ2v) is 3.12. The Morgan fingerprint density at radius 3 is 2.79 bits per heavy atom. The molecule has 14 heavy (non-hydrogen) atoms. The molecule has 0 saturated heterocycles. The highest BCUT2D eigenvalue weighted by atomic mass is 16.1. The number of hydrazine groups is 1. The number of aryl methyl sites for hydroxylation is 1. The summed E-state index contributed by atoms with van der Waals surface area (Å²) in [6, 6.07) is 9.10. The monoisotopic (exact) mass is 189 g/mol. The third kappa shape index (κ3) is 1.16. The SMILES string of the molecule is Cn1c(=O)cc(NN)c2ccccc21. The van der Waals surface area contributed by atoms with Gasteiger partial charge in [-0.25, -0.2) is 0 Å². The molecule has 72 valence electrons. The zero-order valence-corrected chi connectivity index (χ0v) is 7.82. The molecule has 1 heterocycles. The lowest BCUT2D eigenvalue weighted by Gasteiger charge is -2.08. The third-order valence-electron chi connectivity index (χ3n) is 2.31. The summed E-state index contributed by atoms with van der Waals surface area (Å²) in [4.78, 5) is 11.5. The van der Waals surface area contributed by atoms with Crippen LogP contribution >= 0.6 is 0 Å². The molecule has 0 radical (unpaired) electrons. The van der Waals surface area contributed by atoms with Crippen LogP contribution in [0.2, 0.25) is 0 Å². The first-order chi connectivity index (χ1) is 6.74. The van der Waals surface area contributed by atoms with E-state index in [-0.39, 0.29) is 5.56 Å². The molecule has 3 N–H and O–H groups in total. The van der Waals surface area contributed by atoms with Gasteiger partial charge in [-0.3, -0.25) is 10.6 Å². The van der Waals surface area contributed by atoms with Crippen LogP contribution in [-0.2, 0) is 7.05 Å². The van der Waals surface area contributed by atoms with Crippen LogP contribution in [0.5, 0.6) is 0 Å². The van der Waals surface area contributed by atoms with Gasteiger partial charge < -0.3 is 9.99 Å². The van der Waals surface area contributed by atoms with Gasteiger partial charge in [-0.1, -0.05) is 18.2 Å². The molecule has 4 heteroatoms. The topological polar surface area (TPSA) is 60.0 Å². The van der Waals surface area contributed by atoms with Gasteiger partial charge >= 0.3 is 0 Å². The number of nitrogens with two attached hydrogens (primary N) is 1. The molecule has 2 aromatic rings. The minimum absolute atomic E-state index is 0.0725. The van der Waals surface area contributed by atoms with Crippen LogP contribution in [-0.4, -0.2) is 4.57 Å². The quantitative estimate of drug-likeness (QED) is 0.516. The van der Waals surface area contributed by atoms with Crippen molar-refractivity contribution in [3.8, 4) is 0 Å². The Morgan fingerprint density at radius 1 is 1.36 bits per heavy atom. The van der Waals surface area contributed by atoms with E-state index in [9.17, 15) is 4.79 Å². The molecule has 0 bridgehead atoms. The number of hydrogen-bond acceptors (Lipinski definition) is 3. The van der Waals surface area contributed by atoms with E-state index in [1.165, 1.54) is 6.07 Å². The maximum Gasteiger partial charge on any atom is 0.252 e. The van der Waals surface area contributed by atoms with Gasteiger partial charge in [0.15, 0.2) is 0 Å². The number of benzene rings is 1. The minimum atomic E-state index is -0.0725. The largest absolute Gasteiger partial charge is 0.323 e. The summed E-state index contributed by atoms with van der Waals surface area (Å²) in [7, 11) is 1.74. The van der Waals surface area contributed by atoms with Crippen LogP contribution in [0.1, 0.15) is 0 Å². The van der Waals surface area contributed by atoms with Gasteiger partial charge in [-0.2, -0.15) is 0 Å². The molecule has 0 amide bonds. The number of para-hydroxylation sites is 1. The van der Waals surface area contributed by atoms with Crippen LogP contribution in [0.15, 0.2) is 35.1 Å². The van der Waals surface area contributed by atoms with Crippen LogP contribution in [0, 0.1) is 0 Å². The van der Waals surface area contributed by atoms with E-state index >= 15 is 0 Å². The highest BCUT2D eigenvalue weighted by molar-refractivity contribution is 5.91. The second kappa shape index (κ2) is 3.16. The lowest BCUT2D eigenvalue weighted by atomic mass is 10.2. The lowest BCUT2D eigenvalue weighted by molar-refractivity contribution is 0.906. The molecular formula is C10H11N3O. The van der Waals surface area contributed by atoms with Gasteiger partial charge in [-0.15, -0.1) is 0 Å². The fourth-order valence-corrected chi connectivity index (χ4v) is 1.53. The molecule has 0 spiro atoms. The Morgan fingerprint density at radius 2 is 2.07 bits per heavy atom. The maximum absolute atomic E-state index is 11.5. The van der Waals surface area contributed by atoms with Crippen LogP contribution in [0.4, 0.5) is 5.69 Å². The molecule has 0 aliphatic rings. The average molecular weight is 189 g/mol. The number of aromatic nitrogens is 1. The summed E-state index contributed by atoms with van der Waals surface area (Å²) >= 11 is 0. The summed E-state index contributed by atoms with van der Waals surface area (Å²) in [5.74, 6) is 5.34. The molecule has 0 fully saturated rings. The van der Waals surface area contributed by atoms with Crippen LogP contribution < -0.4 is 16.8 Å². The first-order valence-corrected chi connectivity index (χ1v) is 4.29. The van der Waals surface area contributed by atoms with E-state index in [0.29, 0.717) is 5.69 Å². The molecule has 0 unspecified atom stereocenters. The summed E-state index contributed by atoms with van der Waals surface area (Å²) < 4.78 is 1.59. The molecule has 0 atom stereocenters. The first kappa shape index (κ1) is 8.77. The van der Waals surface area contributed by atoms with Crippen molar-refractivity contribution in [1.29, 1.82) is 0 Å². The zero-order valence-electron chi connectivity index (χ0n) is 7.82. The van der Waals surface area contributed by atoms with Gasteiger partial charge in [-0.05, 0) is 6.07 Å². The molecular weight excluding hydrogens is 178 g/mol. The van der Waals surface area contributed by atoms with E-state index in [4.69, 9.17) is 5.84 Å². The third-order valence-corrected chi connectivity index (χ3v) is 2.31. The Balaban J connectivity index is 2.97. The van der Waals surface area contributed by atoms with Crippen LogP contribution in [0.25, 0.3) is 10.9 Å². The maximum atomic E-state index is 11.5. The van der Waals surface area contributed by atoms with Crippen molar-refractivity contribution in [1.82, 2.24) is 4.57 Å². The Hall–Kier alpha value is -1.81. The van der Waals surface area contributed by atoms with Crippen LogP contribution in [0.3, 0.4) is 0 Å².